The van der Waals surface area contributed by atoms with Crippen LogP contribution in [-0.4, -0.2) is 5.11 Å². The van der Waals surface area contributed by atoms with E-state index < -0.39 is 6.10 Å². The first-order valence-corrected chi connectivity index (χ1v) is 3.55. The van der Waals surface area contributed by atoms with Crippen LogP contribution < -0.4 is 0 Å². The fraction of sp³-hybridized carbons (Fsp3) is 0.200. The van der Waals surface area contributed by atoms with Gasteiger partial charge in [0.1, 0.15) is 11.9 Å². The average molecular weight is 164 g/mol. The van der Waals surface area contributed by atoms with Crippen molar-refractivity contribution in [2.75, 3.05) is 0 Å². The van der Waals surface area contributed by atoms with E-state index >= 15 is 0 Å². The molecule has 0 spiro atoms. The summed E-state index contributed by atoms with van der Waals surface area (Å²) in [5.41, 5.74) is 1.25. The zero-order valence-corrected chi connectivity index (χ0v) is 6.71. The fourth-order valence-electron chi connectivity index (χ4n) is 1.04. The Kier molecular flexibility index (Phi) is 2.47. The van der Waals surface area contributed by atoms with Gasteiger partial charge in [-0.15, -0.1) is 6.42 Å². The second-order valence-electron chi connectivity index (χ2n) is 2.57. The molecule has 0 aromatic heterocycles. The number of hydrogen-bond acceptors (Lipinski definition) is 1. The second kappa shape index (κ2) is 3.38. The topological polar surface area (TPSA) is 20.2 Å². The summed E-state index contributed by atoms with van der Waals surface area (Å²) in [5, 5.41) is 9.24. The third kappa shape index (κ3) is 1.63. The summed E-state index contributed by atoms with van der Waals surface area (Å²) < 4.78 is 12.6. The van der Waals surface area contributed by atoms with E-state index in [4.69, 9.17) is 6.42 Å². The van der Waals surface area contributed by atoms with Gasteiger partial charge >= 0.3 is 0 Å². The molecular weight excluding hydrogens is 155 g/mol. The molecule has 0 aliphatic rings. The molecule has 0 saturated heterocycles. The summed E-state index contributed by atoms with van der Waals surface area (Å²) >= 11 is 0. The van der Waals surface area contributed by atoms with Crippen molar-refractivity contribution in [2.45, 2.75) is 13.0 Å². The lowest BCUT2D eigenvalue weighted by molar-refractivity contribution is 0.237. The summed E-state index contributed by atoms with van der Waals surface area (Å²) in [6.45, 7) is 1.71. The Morgan fingerprint density at radius 2 is 2.25 bits per heavy atom. The maximum atomic E-state index is 12.6. The highest BCUT2D eigenvalue weighted by Gasteiger charge is 2.06. The zero-order valence-electron chi connectivity index (χ0n) is 6.71. The van der Waals surface area contributed by atoms with Gasteiger partial charge in [0.15, 0.2) is 0 Å². The standard InChI is InChI=1S/C10H9FO/c1-3-10(12)9-5-4-8(11)6-7(9)2/h1,4-6,10,12H,2H3/t10-/m0/s1. The first-order chi connectivity index (χ1) is 5.65. The third-order valence-electron chi connectivity index (χ3n) is 1.68. The number of aliphatic hydroxyl groups excluding tert-OH is 1. The van der Waals surface area contributed by atoms with Gasteiger partial charge in [-0.2, -0.15) is 0 Å². The highest BCUT2D eigenvalue weighted by Crippen LogP contribution is 2.17. The summed E-state index contributed by atoms with van der Waals surface area (Å²) in [6, 6.07) is 4.12. The number of hydrogen-bond donors (Lipinski definition) is 1. The molecule has 0 unspecified atom stereocenters. The SMILES string of the molecule is C#C[C@H](O)c1ccc(F)cc1C. The summed E-state index contributed by atoms with van der Waals surface area (Å²) in [7, 11) is 0. The monoisotopic (exact) mass is 164 g/mol. The van der Waals surface area contributed by atoms with E-state index in [1.165, 1.54) is 18.2 Å². The molecule has 1 atom stereocenters. The Bertz CT molecular complexity index is 325. The van der Waals surface area contributed by atoms with E-state index in [-0.39, 0.29) is 5.82 Å². The first-order valence-electron chi connectivity index (χ1n) is 3.55. The van der Waals surface area contributed by atoms with Crippen LogP contribution in [0.1, 0.15) is 17.2 Å². The van der Waals surface area contributed by atoms with E-state index in [2.05, 4.69) is 5.92 Å². The number of aliphatic hydroxyl groups is 1. The molecule has 2 heteroatoms. The minimum atomic E-state index is -0.939. The van der Waals surface area contributed by atoms with Crippen molar-refractivity contribution >= 4 is 0 Å². The molecule has 1 N–H and O–H groups in total. The molecule has 12 heavy (non-hydrogen) atoms. The number of halogens is 1. The molecule has 1 nitrogen and oxygen atoms in total. The number of rotatable bonds is 1. The van der Waals surface area contributed by atoms with Crippen LogP contribution in [0.25, 0.3) is 0 Å². The van der Waals surface area contributed by atoms with E-state index in [9.17, 15) is 9.50 Å². The van der Waals surface area contributed by atoms with Crippen LogP contribution in [0.3, 0.4) is 0 Å². The molecule has 0 saturated carbocycles. The lowest BCUT2D eigenvalue weighted by Crippen LogP contribution is -1.96. The van der Waals surface area contributed by atoms with Gasteiger partial charge in [0, 0.05) is 0 Å². The molecule has 1 rings (SSSR count). The minimum absolute atomic E-state index is 0.319. The molecule has 0 bridgehead atoms. The zero-order chi connectivity index (χ0) is 9.14. The molecule has 0 fully saturated rings. The van der Waals surface area contributed by atoms with Crippen LogP contribution >= 0.6 is 0 Å². The molecule has 0 aliphatic carbocycles. The third-order valence-corrected chi connectivity index (χ3v) is 1.68. The minimum Gasteiger partial charge on any atom is -0.376 e. The molecular formula is C10H9FO. The molecule has 0 aliphatic heterocycles. The van der Waals surface area contributed by atoms with Crippen LogP contribution in [-0.2, 0) is 0 Å². The summed E-state index contributed by atoms with van der Waals surface area (Å²) in [4.78, 5) is 0. The van der Waals surface area contributed by atoms with Gasteiger partial charge in [-0.05, 0) is 30.2 Å². The maximum Gasteiger partial charge on any atom is 0.140 e. The van der Waals surface area contributed by atoms with E-state index in [1.54, 1.807) is 6.92 Å². The van der Waals surface area contributed by atoms with Gasteiger partial charge in [-0.25, -0.2) is 4.39 Å². The van der Waals surface area contributed by atoms with Gasteiger partial charge in [-0.1, -0.05) is 12.0 Å². The van der Waals surface area contributed by atoms with Crippen molar-refractivity contribution in [1.82, 2.24) is 0 Å². The van der Waals surface area contributed by atoms with Gasteiger partial charge in [0.25, 0.3) is 0 Å². The van der Waals surface area contributed by atoms with Gasteiger partial charge in [-0.3, -0.25) is 0 Å². The maximum absolute atomic E-state index is 12.6. The number of aryl methyl sites for hydroxylation is 1. The van der Waals surface area contributed by atoms with Crippen molar-refractivity contribution in [2.24, 2.45) is 0 Å². The second-order valence-corrected chi connectivity index (χ2v) is 2.57. The highest BCUT2D eigenvalue weighted by atomic mass is 19.1. The molecule has 0 amide bonds. The molecule has 0 radical (unpaired) electrons. The van der Waals surface area contributed by atoms with Crippen LogP contribution in [0.15, 0.2) is 18.2 Å². The van der Waals surface area contributed by atoms with Crippen molar-refractivity contribution in [3.63, 3.8) is 0 Å². The lowest BCUT2D eigenvalue weighted by atomic mass is 10.0. The van der Waals surface area contributed by atoms with E-state index in [0.29, 0.717) is 11.1 Å². The van der Waals surface area contributed by atoms with Gasteiger partial charge < -0.3 is 5.11 Å². The van der Waals surface area contributed by atoms with Crippen molar-refractivity contribution in [3.8, 4) is 12.3 Å². The van der Waals surface area contributed by atoms with E-state index in [1.807, 2.05) is 0 Å². The van der Waals surface area contributed by atoms with Crippen LogP contribution in [0, 0.1) is 25.1 Å². The van der Waals surface area contributed by atoms with E-state index in [0.717, 1.165) is 0 Å². The lowest BCUT2D eigenvalue weighted by Gasteiger charge is -2.06. The normalized spacial score (nSPS) is 12.2. The number of terminal acetylenes is 1. The average Bonchev–Trinajstić information content (AvgIpc) is 2.03. The molecule has 1 aromatic carbocycles. The predicted octanol–water partition coefficient (Wildman–Crippen LogP) is 1.80. The Balaban J connectivity index is 3.11. The Morgan fingerprint density at radius 1 is 1.58 bits per heavy atom. The van der Waals surface area contributed by atoms with Crippen LogP contribution in [0.5, 0.6) is 0 Å². The largest absolute Gasteiger partial charge is 0.376 e. The fourth-order valence-corrected chi connectivity index (χ4v) is 1.04. The Labute approximate surface area is 70.9 Å². The summed E-state index contributed by atoms with van der Waals surface area (Å²) in [6.07, 6.45) is 4.08. The summed E-state index contributed by atoms with van der Waals surface area (Å²) in [5.74, 6) is 1.86. The Morgan fingerprint density at radius 3 is 2.75 bits per heavy atom. The quantitative estimate of drug-likeness (QED) is 0.627. The van der Waals surface area contributed by atoms with Gasteiger partial charge in [0.05, 0.1) is 0 Å². The van der Waals surface area contributed by atoms with Crippen LogP contribution in [0.2, 0.25) is 0 Å². The van der Waals surface area contributed by atoms with Crippen molar-refractivity contribution < 1.29 is 9.50 Å². The smallest absolute Gasteiger partial charge is 0.140 e. The van der Waals surface area contributed by atoms with Crippen LogP contribution in [0.4, 0.5) is 4.39 Å². The number of benzene rings is 1. The Hall–Kier alpha value is -1.33. The highest BCUT2D eigenvalue weighted by molar-refractivity contribution is 5.32. The predicted molar refractivity (Wildman–Crippen MR) is 44.9 cm³/mol. The molecule has 62 valence electrons. The van der Waals surface area contributed by atoms with Crippen molar-refractivity contribution in [1.29, 1.82) is 0 Å². The molecule has 1 aromatic rings. The molecule has 0 heterocycles. The van der Waals surface area contributed by atoms with Crippen molar-refractivity contribution in [3.05, 3.63) is 35.1 Å². The first kappa shape index (κ1) is 8.76. The van der Waals surface area contributed by atoms with Gasteiger partial charge in [0.2, 0.25) is 0 Å².